The van der Waals surface area contributed by atoms with Crippen molar-refractivity contribution in [3.63, 3.8) is 0 Å². The number of anilines is 1. The highest BCUT2D eigenvalue weighted by atomic mass is 35.5. The van der Waals surface area contributed by atoms with Crippen molar-refractivity contribution in [3.8, 4) is 23.1 Å². The zero-order valence-electron chi connectivity index (χ0n) is 21.3. The Morgan fingerprint density at radius 2 is 1.62 bits per heavy atom. The van der Waals surface area contributed by atoms with Gasteiger partial charge in [0.1, 0.15) is 22.8 Å². The summed E-state index contributed by atoms with van der Waals surface area (Å²) in [4.78, 5) is 27.4. The van der Waals surface area contributed by atoms with Gasteiger partial charge in [-0.05, 0) is 72.9 Å². The fourth-order valence-corrected chi connectivity index (χ4v) is 4.70. The number of benzene rings is 3. The molecule has 1 saturated heterocycles. The van der Waals surface area contributed by atoms with E-state index < -0.39 is 40.7 Å². The molecule has 1 aliphatic heterocycles. The summed E-state index contributed by atoms with van der Waals surface area (Å²) in [7, 11) is 1.21. The Kier molecular flexibility index (Phi) is 7.95. The maximum absolute atomic E-state index is 14.0. The summed E-state index contributed by atoms with van der Waals surface area (Å²) >= 11 is 17.3. The van der Waals surface area contributed by atoms with Crippen molar-refractivity contribution in [1.29, 1.82) is 0 Å². The number of thiocarbonyl (C=S) groups is 1. The number of para-hydroxylation sites is 1. The second kappa shape index (κ2) is 11.5. The van der Waals surface area contributed by atoms with Crippen LogP contribution in [0.1, 0.15) is 11.3 Å². The lowest BCUT2D eigenvalue weighted by Crippen LogP contribution is -2.54. The molecule has 8 nitrogen and oxygen atoms in total. The zero-order valence-corrected chi connectivity index (χ0v) is 23.6. The van der Waals surface area contributed by atoms with Gasteiger partial charge in [0.05, 0.1) is 16.3 Å². The SMILES string of the molecule is Cn1nc(C(F)(F)F)c(/C=C2\C(=O)NC(=S)N(c3ccc(Oc4ccccc4)cc3)C2=O)c1Oc1ccc(Cl)cc1Cl. The number of amides is 2. The fourth-order valence-electron chi connectivity index (χ4n) is 3.97. The van der Waals surface area contributed by atoms with Gasteiger partial charge in [-0.3, -0.25) is 19.8 Å². The molecular weight excluding hydrogens is 616 g/mol. The van der Waals surface area contributed by atoms with Crippen molar-refractivity contribution in [2.45, 2.75) is 6.18 Å². The van der Waals surface area contributed by atoms with Crippen LogP contribution in [0.25, 0.3) is 6.08 Å². The van der Waals surface area contributed by atoms with Gasteiger partial charge in [-0.25, -0.2) is 4.68 Å². The number of carbonyl (C=O) groups excluding carboxylic acids is 2. The van der Waals surface area contributed by atoms with Gasteiger partial charge in [-0.15, -0.1) is 0 Å². The van der Waals surface area contributed by atoms with E-state index in [9.17, 15) is 22.8 Å². The molecule has 4 aromatic rings. The van der Waals surface area contributed by atoms with Crippen LogP contribution < -0.4 is 19.7 Å². The van der Waals surface area contributed by atoms with Crippen LogP contribution in [0, 0.1) is 0 Å². The van der Waals surface area contributed by atoms with Crippen LogP contribution in [-0.2, 0) is 22.8 Å². The number of hydrogen-bond acceptors (Lipinski definition) is 6. The molecule has 5 rings (SSSR count). The van der Waals surface area contributed by atoms with E-state index in [-0.39, 0.29) is 26.6 Å². The minimum atomic E-state index is -4.96. The summed E-state index contributed by atoms with van der Waals surface area (Å²) in [5, 5.41) is 5.91. The molecule has 14 heteroatoms. The number of halogens is 5. The van der Waals surface area contributed by atoms with Gasteiger partial charge in [0.2, 0.25) is 5.88 Å². The first-order chi connectivity index (χ1) is 19.9. The van der Waals surface area contributed by atoms with Crippen LogP contribution in [0.3, 0.4) is 0 Å². The van der Waals surface area contributed by atoms with E-state index in [0.29, 0.717) is 11.5 Å². The summed E-state index contributed by atoms with van der Waals surface area (Å²) in [6.07, 6.45) is -4.21. The molecule has 1 aromatic heterocycles. The molecule has 2 amide bonds. The Hall–Kier alpha value is -4.39. The fraction of sp³-hybridized carbons (Fsp3) is 0.0714. The maximum atomic E-state index is 14.0. The number of nitrogens with zero attached hydrogens (tertiary/aromatic N) is 3. The Labute approximate surface area is 251 Å². The molecule has 0 unspecified atom stereocenters. The number of rotatable bonds is 6. The molecule has 1 N–H and O–H groups in total. The summed E-state index contributed by atoms with van der Waals surface area (Å²) in [5.74, 6) is -1.39. The number of aryl methyl sites for hydroxylation is 1. The normalized spacial score (nSPS) is 14.8. The predicted octanol–water partition coefficient (Wildman–Crippen LogP) is 7.16. The Morgan fingerprint density at radius 3 is 2.26 bits per heavy atom. The maximum Gasteiger partial charge on any atom is 0.435 e. The minimum Gasteiger partial charge on any atom is -0.457 e. The second-order valence-electron chi connectivity index (χ2n) is 8.73. The molecule has 0 atom stereocenters. The number of nitrogens with one attached hydrogen (secondary N) is 1. The standard InChI is InChI=1S/C28H17Cl2F3N4O4S/c1-36-26(41-22-12-7-15(29)13-21(22)30)19(23(35-36)28(31,32)33)14-20-24(38)34-27(42)37(25(20)39)16-8-10-18(11-9-16)40-17-5-3-2-4-6-17/h2-14H,1H3,(H,34,38,42)/b20-14+. The van der Waals surface area contributed by atoms with Crippen molar-refractivity contribution in [3.05, 3.63) is 99.7 Å². The lowest BCUT2D eigenvalue weighted by atomic mass is 10.1. The summed E-state index contributed by atoms with van der Waals surface area (Å²) < 4.78 is 54.3. The minimum absolute atomic E-state index is 0.0126. The van der Waals surface area contributed by atoms with E-state index in [2.05, 4.69) is 10.4 Å². The van der Waals surface area contributed by atoms with E-state index in [0.717, 1.165) is 15.7 Å². The molecule has 1 fully saturated rings. The third kappa shape index (κ3) is 5.96. The van der Waals surface area contributed by atoms with Gasteiger partial charge >= 0.3 is 6.18 Å². The molecule has 1 aliphatic rings. The van der Waals surface area contributed by atoms with Crippen LogP contribution in [-0.4, -0.2) is 26.7 Å². The average Bonchev–Trinajstić information content (AvgIpc) is 3.24. The first kappa shape index (κ1) is 29.1. The molecular formula is C28H17Cl2F3N4O4S. The summed E-state index contributed by atoms with van der Waals surface area (Å²) in [6.45, 7) is 0. The highest BCUT2D eigenvalue weighted by Crippen LogP contribution is 2.40. The predicted molar refractivity (Wildman–Crippen MR) is 154 cm³/mol. The Bertz CT molecular complexity index is 1740. The van der Waals surface area contributed by atoms with Crippen molar-refractivity contribution >= 4 is 64.1 Å². The molecule has 0 aliphatic carbocycles. The molecule has 0 spiro atoms. The van der Waals surface area contributed by atoms with Crippen LogP contribution in [0.15, 0.2) is 78.4 Å². The quantitative estimate of drug-likeness (QED) is 0.138. The number of ether oxygens (including phenoxy) is 2. The molecule has 0 saturated carbocycles. The van der Waals surface area contributed by atoms with Crippen molar-refractivity contribution in [2.24, 2.45) is 7.05 Å². The Morgan fingerprint density at radius 1 is 0.952 bits per heavy atom. The first-order valence-electron chi connectivity index (χ1n) is 11.9. The van der Waals surface area contributed by atoms with Crippen LogP contribution >= 0.6 is 35.4 Å². The van der Waals surface area contributed by atoms with Gasteiger partial charge < -0.3 is 9.47 Å². The lowest BCUT2D eigenvalue weighted by Gasteiger charge is -2.29. The van der Waals surface area contributed by atoms with E-state index in [1.165, 1.54) is 37.4 Å². The number of aromatic nitrogens is 2. The number of alkyl halides is 3. The van der Waals surface area contributed by atoms with E-state index >= 15 is 0 Å². The van der Waals surface area contributed by atoms with Gasteiger partial charge in [0, 0.05) is 12.1 Å². The molecule has 2 heterocycles. The van der Waals surface area contributed by atoms with Crippen LogP contribution in [0.4, 0.5) is 18.9 Å². The van der Waals surface area contributed by atoms with Crippen molar-refractivity contribution in [1.82, 2.24) is 15.1 Å². The second-order valence-corrected chi connectivity index (χ2v) is 9.96. The monoisotopic (exact) mass is 632 g/mol. The lowest BCUT2D eigenvalue weighted by molar-refractivity contribution is -0.141. The van der Waals surface area contributed by atoms with Crippen molar-refractivity contribution in [2.75, 3.05) is 4.90 Å². The summed E-state index contributed by atoms with van der Waals surface area (Å²) in [6, 6.07) is 19.3. The van der Waals surface area contributed by atoms with Gasteiger partial charge in [-0.1, -0.05) is 41.4 Å². The van der Waals surface area contributed by atoms with Gasteiger partial charge in [0.25, 0.3) is 11.8 Å². The van der Waals surface area contributed by atoms with E-state index in [1.54, 1.807) is 36.4 Å². The van der Waals surface area contributed by atoms with E-state index in [1.807, 2.05) is 6.07 Å². The van der Waals surface area contributed by atoms with Gasteiger partial charge in [-0.2, -0.15) is 18.3 Å². The summed E-state index contributed by atoms with van der Waals surface area (Å²) in [5.41, 5.74) is -2.46. The molecule has 214 valence electrons. The molecule has 0 bridgehead atoms. The smallest absolute Gasteiger partial charge is 0.435 e. The largest absolute Gasteiger partial charge is 0.457 e. The van der Waals surface area contributed by atoms with E-state index in [4.69, 9.17) is 44.9 Å². The zero-order chi connectivity index (χ0) is 30.2. The third-order valence-corrected chi connectivity index (χ3v) is 6.68. The number of carbonyl (C=O) groups is 2. The Balaban J connectivity index is 1.52. The molecule has 3 aromatic carbocycles. The van der Waals surface area contributed by atoms with Crippen molar-refractivity contribution < 1.29 is 32.2 Å². The average molecular weight is 633 g/mol. The topological polar surface area (TPSA) is 85.7 Å². The van der Waals surface area contributed by atoms with Crippen LogP contribution in [0.2, 0.25) is 10.0 Å². The number of hydrogen-bond donors (Lipinski definition) is 1. The van der Waals surface area contributed by atoms with Crippen LogP contribution in [0.5, 0.6) is 23.1 Å². The highest BCUT2D eigenvalue weighted by Gasteiger charge is 2.41. The first-order valence-corrected chi connectivity index (χ1v) is 13.1. The third-order valence-electron chi connectivity index (χ3n) is 5.86. The highest BCUT2D eigenvalue weighted by molar-refractivity contribution is 7.80. The molecule has 42 heavy (non-hydrogen) atoms. The van der Waals surface area contributed by atoms with Gasteiger partial charge in [0.15, 0.2) is 10.8 Å². The molecule has 0 radical (unpaired) electrons.